The molecule has 7 nitrogen and oxygen atoms in total. The third kappa shape index (κ3) is 5.55. The van der Waals surface area contributed by atoms with Crippen molar-refractivity contribution in [1.82, 2.24) is 9.29 Å². The summed E-state index contributed by atoms with van der Waals surface area (Å²) in [7, 11) is -4.19. The Morgan fingerprint density at radius 2 is 1.88 bits per heavy atom. The topological polar surface area (TPSA) is 88.6 Å². The molecule has 0 radical (unpaired) electrons. The smallest absolute Gasteiger partial charge is 0.309 e. The van der Waals surface area contributed by atoms with E-state index < -0.39 is 38.4 Å². The molecule has 33 heavy (non-hydrogen) atoms. The van der Waals surface area contributed by atoms with Gasteiger partial charge in [0.25, 0.3) is 0 Å². The average molecular weight is 494 g/mol. The maximum atomic E-state index is 14.0. The van der Waals surface area contributed by atoms with E-state index in [2.05, 4.69) is 10.3 Å². The fourth-order valence-electron chi connectivity index (χ4n) is 3.48. The summed E-state index contributed by atoms with van der Waals surface area (Å²) in [6, 6.07) is 11.9. The molecule has 0 atom stereocenters. The van der Waals surface area contributed by atoms with Crippen molar-refractivity contribution in [3.8, 4) is 0 Å². The molecule has 4 rings (SSSR count). The lowest BCUT2D eigenvalue weighted by Gasteiger charge is -2.30. The number of hydrogen-bond acceptors (Lipinski definition) is 7. The van der Waals surface area contributed by atoms with Gasteiger partial charge in [0.2, 0.25) is 10.0 Å². The summed E-state index contributed by atoms with van der Waals surface area (Å²) in [6.07, 6.45) is 0.458. The van der Waals surface area contributed by atoms with Crippen LogP contribution in [0.4, 0.5) is 19.6 Å². The molecule has 174 valence electrons. The van der Waals surface area contributed by atoms with E-state index in [1.807, 2.05) is 30.3 Å². The monoisotopic (exact) mass is 493 g/mol. The summed E-state index contributed by atoms with van der Waals surface area (Å²) in [4.78, 5) is 16.1. The van der Waals surface area contributed by atoms with Crippen molar-refractivity contribution < 1.29 is 26.7 Å². The number of aromatic nitrogens is 1. The number of benzene rings is 2. The van der Waals surface area contributed by atoms with Crippen LogP contribution >= 0.6 is 11.3 Å². The maximum absolute atomic E-state index is 14.0. The highest BCUT2D eigenvalue weighted by Gasteiger charge is 2.34. The first kappa shape index (κ1) is 23.3. The van der Waals surface area contributed by atoms with E-state index >= 15 is 0 Å². The summed E-state index contributed by atoms with van der Waals surface area (Å²) >= 11 is 1.39. The Morgan fingerprint density at radius 3 is 2.61 bits per heavy atom. The number of esters is 1. The number of anilines is 2. The molecule has 0 saturated carbocycles. The number of carbonyl (C=O) groups excluding carboxylic acids is 1. The Labute approximate surface area is 194 Å². The number of nitrogens with one attached hydrogen (secondary N) is 1. The average Bonchev–Trinajstić information content (AvgIpc) is 3.27. The van der Waals surface area contributed by atoms with Crippen LogP contribution in [0, 0.1) is 17.6 Å². The summed E-state index contributed by atoms with van der Waals surface area (Å²) in [5.74, 6) is -2.76. The van der Waals surface area contributed by atoms with Crippen molar-refractivity contribution in [2.75, 3.05) is 18.4 Å². The fourth-order valence-corrected chi connectivity index (χ4v) is 5.75. The number of para-hydroxylation sites is 1. The Morgan fingerprint density at radius 1 is 1.15 bits per heavy atom. The van der Waals surface area contributed by atoms with E-state index in [1.165, 1.54) is 11.3 Å². The summed E-state index contributed by atoms with van der Waals surface area (Å²) in [5.41, 5.74) is 1.50. The fraction of sp³-hybridized carbons (Fsp3) is 0.273. The first-order chi connectivity index (χ1) is 15.8. The van der Waals surface area contributed by atoms with Crippen LogP contribution in [0.25, 0.3) is 0 Å². The quantitative estimate of drug-likeness (QED) is 0.494. The molecule has 1 aliphatic rings. The van der Waals surface area contributed by atoms with Crippen LogP contribution in [0.2, 0.25) is 0 Å². The number of piperidine rings is 1. The normalized spacial score (nSPS) is 15.3. The van der Waals surface area contributed by atoms with Crippen molar-refractivity contribution in [1.29, 1.82) is 0 Å². The van der Waals surface area contributed by atoms with Crippen molar-refractivity contribution in [2.45, 2.75) is 24.3 Å². The predicted molar refractivity (Wildman–Crippen MR) is 119 cm³/mol. The van der Waals surface area contributed by atoms with E-state index in [0.717, 1.165) is 22.1 Å². The zero-order chi connectivity index (χ0) is 23.4. The van der Waals surface area contributed by atoms with E-state index in [4.69, 9.17) is 4.74 Å². The van der Waals surface area contributed by atoms with Gasteiger partial charge in [0.15, 0.2) is 5.13 Å². The standard InChI is InChI=1S/C22H21F2N3O4S2/c23-16-6-7-19(24)20(12-16)33(29,30)27-10-8-15(9-11-27)21(28)31-13-18-14-32-22(26-18)25-17-4-2-1-3-5-17/h1-7,12,14-15H,8-11,13H2,(H,25,26). The summed E-state index contributed by atoms with van der Waals surface area (Å²) < 4.78 is 59.2. The Balaban J connectivity index is 1.29. The van der Waals surface area contributed by atoms with Gasteiger partial charge in [-0.05, 0) is 43.2 Å². The largest absolute Gasteiger partial charge is 0.459 e. The lowest BCUT2D eigenvalue weighted by molar-refractivity contribution is -0.151. The zero-order valence-electron chi connectivity index (χ0n) is 17.4. The first-order valence-electron chi connectivity index (χ1n) is 10.2. The van der Waals surface area contributed by atoms with E-state index in [0.29, 0.717) is 16.9 Å². The molecule has 2 aromatic carbocycles. The molecule has 3 aromatic rings. The molecule has 11 heteroatoms. The molecule has 0 spiro atoms. The number of ether oxygens (including phenoxy) is 1. The molecule has 0 amide bonds. The second-order valence-electron chi connectivity index (χ2n) is 7.50. The Kier molecular flexibility index (Phi) is 7.01. The minimum absolute atomic E-state index is 0.0127. The van der Waals surface area contributed by atoms with Gasteiger partial charge in [0.1, 0.15) is 23.1 Å². The summed E-state index contributed by atoms with van der Waals surface area (Å²) in [6.45, 7) is 0.0403. The van der Waals surface area contributed by atoms with Gasteiger partial charge in [0.05, 0.1) is 11.6 Å². The van der Waals surface area contributed by atoms with Gasteiger partial charge in [-0.15, -0.1) is 11.3 Å². The molecule has 1 fully saturated rings. The number of rotatable bonds is 7. The third-order valence-electron chi connectivity index (χ3n) is 5.24. The third-order valence-corrected chi connectivity index (χ3v) is 7.96. The Bertz CT molecular complexity index is 1230. The second-order valence-corrected chi connectivity index (χ2v) is 10.3. The lowest BCUT2D eigenvalue weighted by atomic mass is 9.98. The molecule has 2 heterocycles. The van der Waals surface area contributed by atoms with E-state index in [1.54, 1.807) is 5.38 Å². The van der Waals surface area contributed by atoms with E-state index in [-0.39, 0.29) is 32.5 Å². The minimum atomic E-state index is -4.19. The molecular weight excluding hydrogens is 472 g/mol. The van der Waals surface area contributed by atoms with Gasteiger partial charge < -0.3 is 10.1 Å². The van der Waals surface area contributed by atoms with E-state index in [9.17, 15) is 22.0 Å². The number of halogens is 2. The summed E-state index contributed by atoms with van der Waals surface area (Å²) in [5, 5.41) is 5.64. The zero-order valence-corrected chi connectivity index (χ0v) is 19.0. The van der Waals surface area contributed by atoms with Gasteiger partial charge in [-0.25, -0.2) is 22.2 Å². The van der Waals surface area contributed by atoms with Crippen LogP contribution in [-0.2, 0) is 26.2 Å². The Hall–Kier alpha value is -2.89. The van der Waals surface area contributed by atoms with Gasteiger partial charge in [-0.1, -0.05) is 18.2 Å². The highest BCUT2D eigenvalue weighted by Crippen LogP contribution is 2.27. The van der Waals surface area contributed by atoms with Crippen molar-refractivity contribution in [3.63, 3.8) is 0 Å². The molecule has 1 saturated heterocycles. The number of thiazole rings is 1. The molecule has 0 bridgehead atoms. The molecular formula is C22H21F2N3O4S2. The lowest BCUT2D eigenvalue weighted by Crippen LogP contribution is -2.40. The van der Waals surface area contributed by atoms with Crippen LogP contribution < -0.4 is 5.32 Å². The molecule has 1 aliphatic heterocycles. The van der Waals surface area contributed by atoms with Crippen LogP contribution in [0.15, 0.2) is 58.8 Å². The van der Waals surface area contributed by atoms with Crippen molar-refractivity contribution in [2.24, 2.45) is 5.92 Å². The predicted octanol–water partition coefficient (Wildman–Crippen LogP) is 4.31. The van der Waals surface area contributed by atoms with Gasteiger partial charge >= 0.3 is 5.97 Å². The van der Waals surface area contributed by atoms with Gasteiger partial charge in [0, 0.05) is 24.2 Å². The molecule has 1 N–H and O–H groups in total. The van der Waals surface area contributed by atoms with Crippen LogP contribution in [0.1, 0.15) is 18.5 Å². The first-order valence-corrected chi connectivity index (χ1v) is 12.5. The molecule has 0 aliphatic carbocycles. The number of carbonyl (C=O) groups is 1. The van der Waals surface area contributed by atoms with Crippen LogP contribution in [0.3, 0.4) is 0 Å². The highest BCUT2D eigenvalue weighted by atomic mass is 32.2. The maximum Gasteiger partial charge on any atom is 0.309 e. The molecule has 1 aromatic heterocycles. The number of sulfonamides is 1. The van der Waals surface area contributed by atoms with Gasteiger partial charge in [-0.3, -0.25) is 4.79 Å². The SMILES string of the molecule is O=C(OCc1csc(Nc2ccccc2)n1)C1CCN(S(=O)(=O)c2cc(F)ccc2F)CC1. The van der Waals surface area contributed by atoms with Crippen LogP contribution in [-0.4, -0.2) is 36.8 Å². The van der Waals surface area contributed by atoms with Gasteiger partial charge in [-0.2, -0.15) is 4.31 Å². The van der Waals surface area contributed by atoms with Crippen LogP contribution in [0.5, 0.6) is 0 Å². The van der Waals surface area contributed by atoms with Crippen molar-refractivity contribution in [3.05, 3.63) is 71.2 Å². The molecule has 0 unspecified atom stereocenters. The number of hydrogen-bond donors (Lipinski definition) is 1. The number of nitrogens with zero attached hydrogens (tertiary/aromatic N) is 2. The highest BCUT2D eigenvalue weighted by molar-refractivity contribution is 7.89. The van der Waals surface area contributed by atoms with Crippen molar-refractivity contribution >= 4 is 38.1 Å². The second kappa shape index (κ2) is 9.94. The minimum Gasteiger partial charge on any atom is -0.459 e.